The lowest BCUT2D eigenvalue weighted by molar-refractivity contribution is 0.375. The molecule has 0 radical (unpaired) electrons. The molecule has 3 rings (SSSR count). The molecule has 0 fully saturated rings. The van der Waals surface area contributed by atoms with Gasteiger partial charge in [0.1, 0.15) is 0 Å². The maximum atomic E-state index is 4.74. The van der Waals surface area contributed by atoms with Crippen molar-refractivity contribution in [3.63, 3.8) is 0 Å². The van der Waals surface area contributed by atoms with Crippen LogP contribution >= 0.6 is 11.8 Å². The number of rotatable bonds is 2. The summed E-state index contributed by atoms with van der Waals surface area (Å²) in [4.78, 5) is 4.74. The van der Waals surface area contributed by atoms with Crippen molar-refractivity contribution in [3.05, 3.63) is 35.4 Å². The smallest absolute Gasteiger partial charge is 0.157 e. The lowest BCUT2D eigenvalue weighted by atomic mass is 9.88. The number of benzene rings is 1. The summed E-state index contributed by atoms with van der Waals surface area (Å²) in [5.74, 6) is 0. The lowest BCUT2D eigenvalue weighted by Gasteiger charge is -2.27. The second-order valence-electron chi connectivity index (χ2n) is 7.44. The van der Waals surface area contributed by atoms with Crippen LogP contribution in [0.15, 0.2) is 29.3 Å². The predicted molar refractivity (Wildman–Crippen MR) is 93.0 cm³/mol. The number of thioether (sulfide) groups is 1. The fraction of sp³-hybridized carbons (Fsp3) is 0.611. The van der Waals surface area contributed by atoms with E-state index in [1.54, 1.807) is 0 Å². The van der Waals surface area contributed by atoms with Crippen LogP contribution in [0.5, 0.6) is 0 Å². The molecular formula is C18H26N2S. The third kappa shape index (κ3) is 3.82. The van der Waals surface area contributed by atoms with Gasteiger partial charge in [-0.1, -0.05) is 56.8 Å². The third-order valence-electron chi connectivity index (χ3n) is 4.22. The highest BCUT2D eigenvalue weighted by atomic mass is 32.2. The zero-order chi connectivity index (χ0) is 14.9. The van der Waals surface area contributed by atoms with Crippen molar-refractivity contribution in [2.24, 2.45) is 10.4 Å². The van der Waals surface area contributed by atoms with Crippen LogP contribution in [-0.2, 0) is 6.42 Å². The molecule has 1 aliphatic carbocycles. The van der Waals surface area contributed by atoms with Gasteiger partial charge in [0.2, 0.25) is 0 Å². The predicted octanol–water partition coefficient (Wildman–Crippen LogP) is 4.56. The summed E-state index contributed by atoms with van der Waals surface area (Å²) in [6.07, 6.45) is 4.95. The lowest BCUT2D eigenvalue weighted by Crippen LogP contribution is -2.28. The summed E-state index contributed by atoms with van der Waals surface area (Å²) >= 11 is 1.94. The summed E-state index contributed by atoms with van der Waals surface area (Å²) in [5, 5.41) is 5.51. The molecule has 0 bridgehead atoms. The van der Waals surface area contributed by atoms with Gasteiger partial charge in [0, 0.05) is 5.25 Å². The maximum Gasteiger partial charge on any atom is 0.157 e. The van der Waals surface area contributed by atoms with Crippen LogP contribution in [0.25, 0.3) is 0 Å². The Morgan fingerprint density at radius 2 is 2.10 bits per heavy atom. The van der Waals surface area contributed by atoms with Gasteiger partial charge < -0.3 is 5.32 Å². The van der Waals surface area contributed by atoms with Crippen molar-refractivity contribution in [1.29, 1.82) is 0 Å². The van der Waals surface area contributed by atoms with Crippen LogP contribution in [0.2, 0.25) is 0 Å². The molecule has 0 spiro atoms. The summed E-state index contributed by atoms with van der Waals surface area (Å²) in [5.41, 5.74) is 3.38. The number of amidine groups is 1. The Morgan fingerprint density at radius 1 is 1.29 bits per heavy atom. The van der Waals surface area contributed by atoms with Crippen LogP contribution in [-0.4, -0.2) is 17.0 Å². The highest BCUT2D eigenvalue weighted by molar-refractivity contribution is 8.14. The van der Waals surface area contributed by atoms with Crippen molar-refractivity contribution >= 4 is 16.9 Å². The number of fused-ring (bicyclic) bond motifs is 1. The molecule has 2 nitrogen and oxygen atoms in total. The van der Waals surface area contributed by atoms with Gasteiger partial charge in [-0.2, -0.15) is 0 Å². The van der Waals surface area contributed by atoms with E-state index in [0.29, 0.717) is 16.7 Å². The Kier molecular flexibility index (Phi) is 4.30. The van der Waals surface area contributed by atoms with Crippen molar-refractivity contribution in [3.8, 4) is 0 Å². The molecule has 0 saturated carbocycles. The van der Waals surface area contributed by atoms with Gasteiger partial charge in [-0.05, 0) is 42.2 Å². The molecule has 21 heavy (non-hydrogen) atoms. The van der Waals surface area contributed by atoms with Crippen LogP contribution < -0.4 is 5.32 Å². The molecule has 3 heteroatoms. The summed E-state index contributed by atoms with van der Waals surface area (Å²) in [6, 6.07) is 9.32. The second kappa shape index (κ2) is 6.04. The van der Waals surface area contributed by atoms with Crippen LogP contribution in [0.4, 0.5) is 0 Å². The summed E-state index contributed by atoms with van der Waals surface area (Å²) in [7, 11) is 0. The minimum atomic E-state index is 0.389. The normalized spacial score (nSPS) is 25.4. The van der Waals surface area contributed by atoms with E-state index >= 15 is 0 Å². The molecule has 2 atom stereocenters. The Bertz CT molecular complexity index is 530. The van der Waals surface area contributed by atoms with Crippen LogP contribution in [0.1, 0.15) is 57.2 Å². The first-order valence-corrected chi connectivity index (χ1v) is 8.95. The minimum Gasteiger partial charge on any atom is -0.358 e. The average molecular weight is 302 g/mol. The Balaban J connectivity index is 1.62. The zero-order valence-corrected chi connectivity index (χ0v) is 14.2. The first kappa shape index (κ1) is 15.0. The zero-order valence-electron chi connectivity index (χ0n) is 13.4. The number of nitrogens with zero attached hydrogens (tertiary/aromatic N) is 1. The highest BCUT2D eigenvalue weighted by Gasteiger charge is 2.27. The van der Waals surface area contributed by atoms with Crippen LogP contribution in [0.3, 0.4) is 0 Å². The second-order valence-corrected chi connectivity index (χ2v) is 8.73. The summed E-state index contributed by atoms with van der Waals surface area (Å²) < 4.78 is 0. The maximum absolute atomic E-state index is 4.74. The molecule has 1 N–H and O–H groups in total. The molecule has 1 heterocycles. The standard InChI is InChI=1S/C18H26N2S/c1-18(2,3)11-14-12-19-17(21-14)20-16-10-6-8-13-7-4-5-9-15(13)16/h4-5,7,9,14,16H,6,8,10-12H2,1-3H3,(H,19,20). The van der Waals surface area contributed by atoms with E-state index in [-0.39, 0.29) is 0 Å². The number of nitrogens with one attached hydrogen (secondary N) is 1. The number of hydrogen-bond donors (Lipinski definition) is 1. The first-order valence-electron chi connectivity index (χ1n) is 8.07. The first-order chi connectivity index (χ1) is 10.0. The van der Waals surface area contributed by atoms with Gasteiger partial charge >= 0.3 is 0 Å². The molecular weight excluding hydrogens is 276 g/mol. The molecule has 0 amide bonds. The molecule has 2 aliphatic rings. The fourth-order valence-corrected chi connectivity index (χ4v) is 4.75. The summed E-state index contributed by atoms with van der Waals surface area (Å²) in [6.45, 7) is 7.92. The van der Waals surface area contributed by atoms with Gasteiger partial charge in [-0.25, -0.2) is 0 Å². The average Bonchev–Trinajstić information content (AvgIpc) is 2.84. The molecule has 1 aromatic carbocycles. The third-order valence-corrected chi connectivity index (χ3v) is 5.34. The monoisotopic (exact) mass is 302 g/mol. The van der Waals surface area contributed by atoms with Crippen molar-refractivity contribution in [1.82, 2.24) is 5.32 Å². The number of aryl methyl sites for hydroxylation is 1. The van der Waals surface area contributed by atoms with E-state index in [0.717, 1.165) is 11.7 Å². The molecule has 1 aromatic rings. The molecule has 2 unspecified atom stereocenters. The molecule has 0 saturated heterocycles. The topological polar surface area (TPSA) is 24.4 Å². The van der Waals surface area contributed by atoms with Gasteiger partial charge in [0.05, 0.1) is 12.6 Å². The van der Waals surface area contributed by atoms with E-state index < -0.39 is 0 Å². The Hall–Kier alpha value is -0.960. The minimum absolute atomic E-state index is 0.389. The Morgan fingerprint density at radius 3 is 2.90 bits per heavy atom. The fourth-order valence-electron chi connectivity index (χ4n) is 3.34. The van der Waals surface area contributed by atoms with E-state index in [2.05, 4.69) is 50.4 Å². The quantitative estimate of drug-likeness (QED) is 0.866. The number of aliphatic imine (C=N–C) groups is 1. The van der Waals surface area contributed by atoms with E-state index in [4.69, 9.17) is 4.99 Å². The van der Waals surface area contributed by atoms with E-state index in [1.807, 2.05) is 11.8 Å². The van der Waals surface area contributed by atoms with Crippen LogP contribution in [0, 0.1) is 5.41 Å². The van der Waals surface area contributed by atoms with Gasteiger partial charge in [0.15, 0.2) is 5.17 Å². The van der Waals surface area contributed by atoms with Crippen molar-refractivity contribution in [2.45, 2.75) is 57.7 Å². The van der Waals surface area contributed by atoms with Gasteiger partial charge in [-0.15, -0.1) is 0 Å². The molecule has 0 aromatic heterocycles. The molecule has 114 valence electrons. The highest BCUT2D eigenvalue weighted by Crippen LogP contribution is 2.34. The largest absolute Gasteiger partial charge is 0.358 e. The SMILES string of the molecule is CC(C)(C)CC1CN=C(NC2CCCc3ccccc32)S1. The van der Waals surface area contributed by atoms with Crippen molar-refractivity contribution < 1.29 is 0 Å². The van der Waals surface area contributed by atoms with Gasteiger partial charge in [0.25, 0.3) is 0 Å². The van der Waals surface area contributed by atoms with E-state index in [9.17, 15) is 0 Å². The Labute approximate surface area is 132 Å². The molecule has 1 aliphatic heterocycles. The van der Waals surface area contributed by atoms with Gasteiger partial charge in [-0.3, -0.25) is 4.99 Å². The van der Waals surface area contributed by atoms with E-state index in [1.165, 1.54) is 36.8 Å². The van der Waals surface area contributed by atoms with Crippen molar-refractivity contribution in [2.75, 3.05) is 6.54 Å². The number of hydrogen-bond acceptors (Lipinski definition) is 3.